The Bertz CT molecular complexity index is 888. The van der Waals surface area contributed by atoms with Gasteiger partial charge in [0.1, 0.15) is 11.3 Å². The molecule has 1 aromatic heterocycles. The van der Waals surface area contributed by atoms with Gasteiger partial charge in [0, 0.05) is 37.1 Å². The fourth-order valence-electron chi connectivity index (χ4n) is 3.49. The van der Waals surface area contributed by atoms with Gasteiger partial charge in [-0.2, -0.15) is 0 Å². The number of hydrogen-bond acceptors (Lipinski definition) is 3. The van der Waals surface area contributed by atoms with E-state index < -0.39 is 0 Å². The molecule has 0 fully saturated rings. The van der Waals surface area contributed by atoms with Crippen LogP contribution in [0.1, 0.15) is 33.7 Å². The summed E-state index contributed by atoms with van der Waals surface area (Å²) < 4.78 is 5.55. The van der Waals surface area contributed by atoms with Gasteiger partial charge in [-0.25, -0.2) is 0 Å². The van der Waals surface area contributed by atoms with Crippen LogP contribution in [0.4, 0.5) is 0 Å². The van der Waals surface area contributed by atoms with Gasteiger partial charge < -0.3 is 9.73 Å². The molecule has 1 aliphatic rings. The van der Waals surface area contributed by atoms with Crippen molar-refractivity contribution >= 4 is 16.9 Å². The number of nitrogens with zero attached hydrogens (tertiary/aromatic N) is 1. The van der Waals surface area contributed by atoms with Gasteiger partial charge in [-0.15, -0.1) is 0 Å². The van der Waals surface area contributed by atoms with Gasteiger partial charge in [0.25, 0.3) is 5.91 Å². The summed E-state index contributed by atoms with van der Waals surface area (Å²) in [4.78, 5) is 14.7. The summed E-state index contributed by atoms with van der Waals surface area (Å²) in [7, 11) is 0. The molecule has 4 heteroatoms. The van der Waals surface area contributed by atoms with E-state index in [9.17, 15) is 4.79 Å². The summed E-state index contributed by atoms with van der Waals surface area (Å²) in [6, 6.07) is 16.1. The smallest absolute Gasteiger partial charge is 0.251 e. The van der Waals surface area contributed by atoms with Gasteiger partial charge in [0.15, 0.2) is 0 Å². The van der Waals surface area contributed by atoms with Gasteiger partial charge in [0.2, 0.25) is 0 Å². The molecule has 0 radical (unpaired) electrons. The van der Waals surface area contributed by atoms with Crippen LogP contribution in [0, 0.1) is 6.92 Å². The van der Waals surface area contributed by atoms with Crippen LogP contribution in [0.2, 0.25) is 0 Å². The lowest BCUT2D eigenvalue weighted by Crippen LogP contribution is -2.27. The van der Waals surface area contributed by atoms with Crippen LogP contribution in [0.25, 0.3) is 11.0 Å². The first-order valence-electron chi connectivity index (χ1n) is 8.76. The third kappa shape index (κ3) is 3.44. The van der Waals surface area contributed by atoms with E-state index in [0.717, 1.165) is 42.8 Å². The fraction of sp³-hybridized carbons (Fsp3) is 0.286. The highest BCUT2D eigenvalue weighted by Gasteiger charge is 2.17. The molecule has 3 aromatic rings. The molecule has 1 aliphatic heterocycles. The van der Waals surface area contributed by atoms with E-state index in [1.54, 1.807) is 0 Å². The van der Waals surface area contributed by atoms with Crippen molar-refractivity contribution in [3.63, 3.8) is 0 Å². The highest BCUT2D eigenvalue weighted by Crippen LogP contribution is 2.22. The van der Waals surface area contributed by atoms with E-state index in [1.165, 1.54) is 11.1 Å². The van der Waals surface area contributed by atoms with Gasteiger partial charge in [-0.05, 0) is 48.7 Å². The SMILES string of the molecule is Cc1cc2cc(C(=O)NCCCN3Cc4ccccc4C3)ccc2o1. The van der Waals surface area contributed by atoms with Crippen molar-refractivity contribution in [3.05, 3.63) is 71.0 Å². The lowest BCUT2D eigenvalue weighted by atomic mass is 10.1. The molecule has 0 saturated carbocycles. The molecule has 0 bridgehead atoms. The second kappa shape index (κ2) is 6.73. The summed E-state index contributed by atoms with van der Waals surface area (Å²) in [5.41, 5.74) is 4.36. The minimum Gasteiger partial charge on any atom is -0.461 e. The summed E-state index contributed by atoms with van der Waals surface area (Å²) in [5.74, 6) is 0.838. The van der Waals surface area contributed by atoms with E-state index in [4.69, 9.17) is 4.42 Å². The normalized spacial score (nSPS) is 14.0. The first-order valence-corrected chi connectivity index (χ1v) is 8.76. The Morgan fingerprint density at radius 2 is 1.88 bits per heavy atom. The van der Waals surface area contributed by atoms with Crippen LogP contribution in [-0.4, -0.2) is 23.9 Å². The topological polar surface area (TPSA) is 45.5 Å². The van der Waals surface area contributed by atoms with Crippen LogP contribution >= 0.6 is 0 Å². The summed E-state index contributed by atoms with van der Waals surface area (Å²) >= 11 is 0. The second-order valence-electron chi connectivity index (χ2n) is 6.70. The quantitative estimate of drug-likeness (QED) is 0.720. The molecule has 4 rings (SSSR count). The first kappa shape index (κ1) is 15.9. The van der Waals surface area contributed by atoms with Crippen LogP contribution < -0.4 is 5.32 Å². The molecule has 128 valence electrons. The summed E-state index contributed by atoms with van der Waals surface area (Å²) in [6.45, 7) is 5.63. The Kier molecular flexibility index (Phi) is 4.28. The Hall–Kier alpha value is -2.59. The summed E-state index contributed by atoms with van der Waals surface area (Å²) in [6.07, 6.45) is 0.951. The number of nitrogens with one attached hydrogen (secondary N) is 1. The number of carbonyl (C=O) groups excluding carboxylic acids is 1. The Labute approximate surface area is 147 Å². The lowest BCUT2D eigenvalue weighted by molar-refractivity contribution is 0.0951. The van der Waals surface area contributed by atoms with E-state index in [0.29, 0.717) is 12.1 Å². The molecule has 25 heavy (non-hydrogen) atoms. The molecule has 0 aliphatic carbocycles. The highest BCUT2D eigenvalue weighted by atomic mass is 16.3. The second-order valence-corrected chi connectivity index (χ2v) is 6.70. The molecule has 2 heterocycles. The molecular weight excluding hydrogens is 312 g/mol. The van der Waals surface area contributed by atoms with E-state index in [1.807, 2.05) is 31.2 Å². The maximum absolute atomic E-state index is 12.3. The standard InChI is InChI=1S/C21H22N2O2/c1-15-11-19-12-16(7-8-20(19)25-15)21(24)22-9-4-10-23-13-17-5-2-3-6-18(17)14-23/h2-3,5-8,11-12H,4,9-10,13-14H2,1H3,(H,22,24). The number of hydrogen-bond donors (Lipinski definition) is 1. The number of rotatable bonds is 5. The largest absolute Gasteiger partial charge is 0.461 e. The monoisotopic (exact) mass is 334 g/mol. The first-order chi connectivity index (χ1) is 12.2. The number of amides is 1. The van der Waals surface area contributed by atoms with Crippen molar-refractivity contribution < 1.29 is 9.21 Å². The average Bonchev–Trinajstić information content (AvgIpc) is 3.19. The molecule has 0 atom stereocenters. The molecule has 0 unspecified atom stereocenters. The minimum absolute atomic E-state index is 0.0227. The van der Waals surface area contributed by atoms with E-state index in [-0.39, 0.29) is 5.91 Å². The fourth-order valence-corrected chi connectivity index (χ4v) is 3.49. The maximum atomic E-state index is 12.3. The van der Waals surface area contributed by atoms with Crippen molar-refractivity contribution in [2.24, 2.45) is 0 Å². The molecular formula is C21H22N2O2. The van der Waals surface area contributed by atoms with Gasteiger partial charge in [-0.1, -0.05) is 24.3 Å². The van der Waals surface area contributed by atoms with Crippen LogP contribution in [0.5, 0.6) is 0 Å². The zero-order valence-electron chi connectivity index (χ0n) is 14.4. The lowest BCUT2D eigenvalue weighted by Gasteiger charge is -2.14. The van der Waals surface area contributed by atoms with Crippen molar-refractivity contribution in [1.82, 2.24) is 10.2 Å². The third-order valence-corrected chi connectivity index (χ3v) is 4.74. The number of benzene rings is 2. The van der Waals surface area contributed by atoms with Gasteiger partial charge >= 0.3 is 0 Å². The number of furan rings is 1. The van der Waals surface area contributed by atoms with Gasteiger partial charge in [-0.3, -0.25) is 9.69 Å². The summed E-state index contributed by atoms with van der Waals surface area (Å²) in [5, 5.41) is 3.99. The van der Waals surface area contributed by atoms with Crippen LogP contribution in [0.3, 0.4) is 0 Å². The molecule has 0 saturated heterocycles. The van der Waals surface area contributed by atoms with Crippen molar-refractivity contribution in [2.45, 2.75) is 26.4 Å². The average molecular weight is 334 g/mol. The van der Waals surface area contributed by atoms with Crippen LogP contribution in [-0.2, 0) is 13.1 Å². The number of aryl methyl sites for hydroxylation is 1. The number of fused-ring (bicyclic) bond motifs is 2. The van der Waals surface area contributed by atoms with E-state index >= 15 is 0 Å². The predicted octanol–water partition coefficient (Wildman–Crippen LogP) is 3.88. The Morgan fingerprint density at radius 3 is 2.64 bits per heavy atom. The highest BCUT2D eigenvalue weighted by molar-refractivity contribution is 5.97. The molecule has 4 nitrogen and oxygen atoms in total. The Morgan fingerprint density at radius 1 is 1.12 bits per heavy atom. The van der Waals surface area contributed by atoms with Crippen molar-refractivity contribution in [1.29, 1.82) is 0 Å². The van der Waals surface area contributed by atoms with Gasteiger partial charge in [0.05, 0.1) is 0 Å². The number of carbonyl (C=O) groups is 1. The van der Waals surface area contributed by atoms with Crippen molar-refractivity contribution in [2.75, 3.05) is 13.1 Å². The third-order valence-electron chi connectivity index (χ3n) is 4.74. The Balaban J connectivity index is 1.26. The maximum Gasteiger partial charge on any atom is 0.251 e. The predicted molar refractivity (Wildman–Crippen MR) is 98.5 cm³/mol. The molecule has 2 aromatic carbocycles. The van der Waals surface area contributed by atoms with Crippen LogP contribution in [0.15, 0.2) is 52.9 Å². The zero-order valence-corrected chi connectivity index (χ0v) is 14.4. The zero-order chi connectivity index (χ0) is 17.2. The molecule has 1 N–H and O–H groups in total. The van der Waals surface area contributed by atoms with E-state index in [2.05, 4.69) is 34.5 Å². The molecule has 0 spiro atoms. The van der Waals surface area contributed by atoms with Crippen molar-refractivity contribution in [3.8, 4) is 0 Å². The minimum atomic E-state index is -0.0227. The molecule has 1 amide bonds.